The van der Waals surface area contributed by atoms with Crippen molar-refractivity contribution in [3.63, 3.8) is 0 Å². The average Bonchev–Trinajstić information content (AvgIpc) is 2.52. The lowest BCUT2D eigenvalue weighted by Gasteiger charge is -2.37. The third-order valence-electron chi connectivity index (χ3n) is 3.32. The molecule has 1 amide bonds. The Hall–Kier alpha value is -0.880. The van der Waals surface area contributed by atoms with Crippen molar-refractivity contribution in [3.8, 4) is 11.2 Å². The van der Waals surface area contributed by atoms with E-state index in [-0.39, 0.29) is 6.09 Å². The number of allylic oxidation sites excluding steroid dienone is 1. The number of rotatable bonds is 2. The van der Waals surface area contributed by atoms with Crippen molar-refractivity contribution < 1.29 is 9.53 Å². The van der Waals surface area contributed by atoms with Crippen LogP contribution >= 0.6 is 30.1 Å². The molecular formula is C17H26IN3O2S. The number of amides is 1. The molecule has 1 heterocycles. The van der Waals surface area contributed by atoms with Gasteiger partial charge in [0.05, 0.1) is 5.57 Å². The Kier molecular flexibility index (Phi) is 8.98. The van der Waals surface area contributed by atoms with E-state index >= 15 is 0 Å². The van der Waals surface area contributed by atoms with Crippen molar-refractivity contribution in [2.24, 2.45) is 4.99 Å². The second kappa shape index (κ2) is 10.2. The van der Waals surface area contributed by atoms with E-state index in [2.05, 4.69) is 55.3 Å². The maximum atomic E-state index is 12.2. The van der Waals surface area contributed by atoms with E-state index < -0.39 is 5.60 Å². The summed E-state index contributed by atoms with van der Waals surface area (Å²) in [4.78, 5) is 20.5. The van der Waals surface area contributed by atoms with Crippen LogP contribution in [-0.4, -0.2) is 60.6 Å². The van der Waals surface area contributed by atoms with Gasteiger partial charge in [-0.15, -0.1) is 0 Å². The molecule has 1 aliphatic heterocycles. The molecule has 0 spiro atoms. The second-order valence-corrected chi connectivity index (χ2v) is 8.01. The Morgan fingerprint density at radius 2 is 1.88 bits per heavy atom. The van der Waals surface area contributed by atoms with E-state index in [4.69, 9.17) is 4.74 Å². The molecule has 1 fully saturated rings. The zero-order valence-electron chi connectivity index (χ0n) is 15.1. The number of nitrogens with zero attached hydrogens (tertiary/aromatic N) is 3. The Bertz CT molecular complexity index is 550. The summed E-state index contributed by atoms with van der Waals surface area (Å²) in [6, 6.07) is 0. The molecule has 0 aromatic heterocycles. The largest absolute Gasteiger partial charge is 0.444 e. The number of aliphatic imine (C=N–C) groups is 1. The minimum atomic E-state index is -0.464. The van der Waals surface area contributed by atoms with E-state index in [1.165, 1.54) is 8.93 Å². The highest BCUT2D eigenvalue weighted by molar-refractivity contribution is 14.2. The molecule has 0 N–H and O–H groups in total. The van der Waals surface area contributed by atoms with Gasteiger partial charge in [-0.1, -0.05) is 18.9 Å². The van der Waals surface area contributed by atoms with Crippen molar-refractivity contribution in [1.29, 1.82) is 0 Å². The van der Waals surface area contributed by atoms with Crippen molar-refractivity contribution in [2.45, 2.75) is 39.7 Å². The van der Waals surface area contributed by atoms with Gasteiger partial charge in [0, 0.05) is 54.4 Å². The van der Waals surface area contributed by atoms with Crippen LogP contribution < -0.4 is 0 Å². The van der Waals surface area contributed by atoms with E-state index in [1.807, 2.05) is 20.8 Å². The number of carbonyl (C=O) groups excluding carboxylic acids is 1. The number of ether oxygens (including phenoxy) is 1. The van der Waals surface area contributed by atoms with Gasteiger partial charge in [0.1, 0.15) is 11.4 Å². The SMILES string of the molecule is CC/C=C(/C#CSI)C(=NC)N1CCN(C(=O)OC(C)(C)C)CC1. The fourth-order valence-corrected chi connectivity index (χ4v) is 2.81. The first-order chi connectivity index (χ1) is 11.3. The molecule has 1 aliphatic rings. The number of amidine groups is 1. The number of piperazine rings is 1. The smallest absolute Gasteiger partial charge is 0.410 e. The van der Waals surface area contributed by atoms with Gasteiger partial charge in [0.25, 0.3) is 0 Å². The summed E-state index contributed by atoms with van der Waals surface area (Å²) in [6.45, 7) is 10.5. The lowest BCUT2D eigenvalue weighted by molar-refractivity contribution is 0.0187. The summed E-state index contributed by atoms with van der Waals surface area (Å²) >= 11 is 2.16. The molecule has 0 atom stereocenters. The van der Waals surface area contributed by atoms with Crippen molar-refractivity contribution in [3.05, 3.63) is 11.6 Å². The third-order valence-corrected chi connectivity index (χ3v) is 4.16. The van der Waals surface area contributed by atoms with Gasteiger partial charge in [-0.3, -0.25) is 4.99 Å². The van der Waals surface area contributed by atoms with Crippen molar-refractivity contribution in [1.82, 2.24) is 9.80 Å². The van der Waals surface area contributed by atoms with E-state index in [0.29, 0.717) is 13.1 Å². The van der Waals surface area contributed by atoms with Crippen LogP contribution in [0.1, 0.15) is 34.1 Å². The first kappa shape index (κ1) is 21.2. The van der Waals surface area contributed by atoms with E-state index in [0.717, 1.165) is 30.9 Å². The summed E-state index contributed by atoms with van der Waals surface area (Å²) in [5.74, 6) is 4.07. The van der Waals surface area contributed by atoms with E-state index in [9.17, 15) is 4.79 Å². The average molecular weight is 463 g/mol. The molecule has 0 unspecified atom stereocenters. The van der Waals surface area contributed by atoms with Crippen LogP contribution in [0, 0.1) is 11.2 Å². The Labute approximate surface area is 161 Å². The minimum absolute atomic E-state index is 0.248. The van der Waals surface area contributed by atoms with Gasteiger partial charge in [-0.25, -0.2) is 4.79 Å². The van der Waals surface area contributed by atoms with Crippen LogP contribution in [0.5, 0.6) is 0 Å². The van der Waals surface area contributed by atoms with Gasteiger partial charge in [-0.2, -0.15) is 0 Å². The first-order valence-corrected chi connectivity index (χ1v) is 11.4. The topological polar surface area (TPSA) is 45.1 Å². The molecule has 5 nitrogen and oxygen atoms in total. The number of halogens is 1. The van der Waals surface area contributed by atoms with Gasteiger partial charge >= 0.3 is 6.09 Å². The van der Waals surface area contributed by atoms with Gasteiger partial charge in [-0.05, 0) is 41.4 Å². The van der Waals surface area contributed by atoms with Crippen LogP contribution in [0.3, 0.4) is 0 Å². The molecule has 24 heavy (non-hydrogen) atoms. The summed E-state index contributed by atoms with van der Waals surface area (Å²) < 4.78 is 5.44. The van der Waals surface area contributed by atoms with Crippen LogP contribution in [0.15, 0.2) is 16.6 Å². The lowest BCUT2D eigenvalue weighted by atomic mass is 10.1. The van der Waals surface area contributed by atoms with Gasteiger partial charge in [0.15, 0.2) is 0 Å². The predicted octanol–water partition coefficient (Wildman–Crippen LogP) is 3.95. The molecule has 1 saturated heterocycles. The van der Waals surface area contributed by atoms with Crippen molar-refractivity contribution in [2.75, 3.05) is 33.2 Å². The predicted molar refractivity (Wildman–Crippen MR) is 111 cm³/mol. The molecule has 134 valence electrons. The van der Waals surface area contributed by atoms with Crippen molar-refractivity contribution >= 4 is 42.1 Å². The molecule has 0 aromatic carbocycles. The maximum absolute atomic E-state index is 12.2. The second-order valence-electron chi connectivity index (χ2n) is 6.33. The molecular weight excluding hydrogens is 437 g/mol. The van der Waals surface area contributed by atoms with Gasteiger partial charge < -0.3 is 14.5 Å². The molecule has 0 saturated carbocycles. The van der Waals surface area contributed by atoms with Crippen LogP contribution in [0.25, 0.3) is 0 Å². The van der Waals surface area contributed by atoms with Gasteiger partial charge in [0.2, 0.25) is 0 Å². The number of carbonyl (C=O) groups is 1. The quantitative estimate of drug-likeness (QED) is 0.269. The number of hydrogen-bond donors (Lipinski definition) is 0. The molecule has 0 aromatic rings. The van der Waals surface area contributed by atoms with Crippen LogP contribution in [0.4, 0.5) is 4.79 Å². The molecule has 7 heteroatoms. The maximum Gasteiger partial charge on any atom is 0.410 e. The fraction of sp³-hybridized carbons (Fsp3) is 0.647. The fourth-order valence-electron chi connectivity index (χ4n) is 2.34. The lowest BCUT2D eigenvalue weighted by Crippen LogP contribution is -2.51. The number of hydrogen-bond acceptors (Lipinski definition) is 4. The normalized spacial score (nSPS) is 16.6. The summed E-state index contributed by atoms with van der Waals surface area (Å²) in [6.07, 6.45) is 2.76. The Morgan fingerprint density at radius 1 is 1.29 bits per heavy atom. The monoisotopic (exact) mass is 463 g/mol. The van der Waals surface area contributed by atoms with Crippen LogP contribution in [0.2, 0.25) is 0 Å². The highest BCUT2D eigenvalue weighted by Crippen LogP contribution is 2.15. The standard InChI is InChI=1S/C17H26IN3O2S/c1-6-7-14(8-13-24-18)15(19-5)20-9-11-21(12-10-20)16(22)23-17(2,3)4/h7H,6,9-12H2,1-5H3/b14-7-,19-15?. The summed E-state index contributed by atoms with van der Waals surface area (Å²) in [5.41, 5.74) is 0.489. The third kappa shape index (κ3) is 6.93. The Balaban J connectivity index is 2.74. The zero-order valence-corrected chi connectivity index (χ0v) is 18.0. The summed E-state index contributed by atoms with van der Waals surface area (Å²) in [7, 11) is 3.25. The zero-order chi connectivity index (χ0) is 18.2. The highest BCUT2D eigenvalue weighted by Gasteiger charge is 2.27. The molecule has 0 bridgehead atoms. The molecule has 0 radical (unpaired) electrons. The summed E-state index contributed by atoms with van der Waals surface area (Å²) in [5, 5.41) is 3.03. The van der Waals surface area contributed by atoms with E-state index in [1.54, 1.807) is 11.9 Å². The Morgan fingerprint density at radius 3 is 2.33 bits per heavy atom. The molecule has 1 rings (SSSR count). The minimum Gasteiger partial charge on any atom is -0.444 e. The highest BCUT2D eigenvalue weighted by atomic mass is 127. The van der Waals surface area contributed by atoms with Crippen LogP contribution in [-0.2, 0) is 4.74 Å². The molecule has 0 aliphatic carbocycles. The first-order valence-electron chi connectivity index (χ1n) is 8.01.